The predicted octanol–water partition coefficient (Wildman–Crippen LogP) is 2.25. The highest BCUT2D eigenvalue weighted by Gasteiger charge is 2.46. The van der Waals surface area contributed by atoms with Crippen LogP contribution in [0.2, 0.25) is 0 Å². The number of carbonyl (C=O) groups excluding carboxylic acids is 1. The molecule has 148 valence electrons. The van der Waals surface area contributed by atoms with E-state index in [4.69, 9.17) is 9.51 Å². The van der Waals surface area contributed by atoms with E-state index in [1.54, 1.807) is 25.4 Å². The van der Waals surface area contributed by atoms with Crippen LogP contribution in [0.3, 0.4) is 0 Å². The number of aryl methyl sites for hydroxylation is 1. The lowest BCUT2D eigenvalue weighted by Crippen LogP contribution is -2.48. The normalized spacial score (nSPS) is 20.8. The monoisotopic (exact) mass is 391 g/mol. The second-order valence-corrected chi connectivity index (χ2v) is 7.92. The van der Waals surface area contributed by atoms with Gasteiger partial charge in [0.25, 0.3) is 11.5 Å². The molecule has 4 heterocycles. The molecule has 0 saturated carbocycles. The van der Waals surface area contributed by atoms with E-state index < -0.39 is 0 Å². The summed E-state index contributed by atoms with van der Waals surface area (Å²) < 4.78 is 5.07. The first-order valence-electron chi connectivity index (χ1n) is 9.82. The number of hydrogen-bond donors (Lipinski definition) is 1. The molecule has 2 aliphatic rings. The zero-order valence-corrected chi connectivity index (χ0v) is 16.1. The van der Waals surface area contributed by atoms with Crippen LogP contribution >= 0.6 is 0 Å². The molecule has 1 saturated heterocycles. The highest BCUT2D eigenvalue weighted by Crippen LogP contribution is 2.43. The fourth-order valence-electron chi connectivity index (χ4n) is 4.62. The van der Waals surface area contributed by atoms with Gasteiger partial charge in [0.05, 0.1) is 5.69 Å². The molecule has 29 heavy (non-hydrogen) atoms. The van der Waals surface area contributed by atoms with Gasteiger partial charge in [-0.1, -0.05) is 5.16 Å². The summed E-state index contributed by atoms with van der Waals surface area (Å²) in [6.45, 7) is 2.97. The van der Waals surface area contributed by atoms with Gasteiger partial charge in [-0.2, -0.15) is 0 Å². The summed E-state index contributed by atoms with van der Waals surface area (Å²) in [5.74, 6) is 1.01. The third kappa shape index (κ3) is 2.95. The molecular weight excluding hydrogens is 370 g/mol. The van der Waals surface area contributed by atoms with E-state index in [1.807, 2.05) is 17.0 Å². The number of carbonyl (C=O) groups is 1. The molecule has 1 unspecified atom stereocenters. The van der Waals surface area contributed by atoms with Crippen LogP contribution in [-0.4, -0.2) is 44.0 Å². The first-order chi connectivity index (χ1) is 14.1. The van der Waals surface area contributed by atoms with Crippen molar-refractivity contribution in [3.05, 3.63) is 63.7 Å². The molecule has 1 fully saturated rings. The molecule has 0 aromatic carbocycles. The maximum absolute atomic E-state index is 12.9. The zero-order valence-electron chi connectivity index (χ0n) is 16.1. The van der Waals surface area contributed by atoms with E-state index in [1.165, 1.54) is 0 Å². The van der Waals surface area contributed by atoms with Gasteiger partial charge in [0.2, 0.25) is 0 Å². The van der Waals surface area contributed by atoms with Gasteiger partial charge >= 0.3 is 0 Å². The molecule has 1 aliphatic carbocycles. The number of amides is 1. The topological polar surface area (TPSA) is 105 Å². The Morgan fingerprint density at radius 2 is 2.24 bits per heavy atom. The van der Waals surface area contributed by atoms with Crippen molar-refractivity contribution in [3.8, 4) is 11.4 Å². The molecule has 3 aromatic rings. The van der Waals surface area contributed by atoms with Gasteiger partial charge in [-0.05, 0) is 44.7 Å². The number of pyridine rings is 1. The van der Waals surface area contributed by atoms with Gasteiger partial charge < -0.3 is 14.4 Å². The average molecular weight is 391 g/mol. The molecule has 1 atom stereocenters. The summed E-state index contributed by atoms with van der Waals surface area (Å²) >= 11 is 0. The summed E-state index contributed by atoms with van der Waals surface area (Å²) in [5.41, 5.74) is 2.27. The quantitative estimate of drug-likeness (QED) is 0.718. The minimum Gasteiger partial charge on any atom is -0.361 e. The molecule has 0 bridgehead atoms. The largest absolute Gasteiger partial charge is 0.361 e. The summed E-state index contributed by atoms with van der Waals surface area (Å²) in [7, 11) is 0. The van der Waals surface area contributed by atoms with E-state index in [0.29, 0.717) is 36.8 Å². The van der Waals surface area contributed by atoms with Crippen molar-refractivity contribution in [3.63, 3.8) is 0 Å². The fourth-order valence-corrected chi connectivity index (χ4v) is 4.62. The molecule has 1 N–H and O–H groups in total. The van der Waals surface area contributed by atoms with Crippen molar-refractivity contribution in [1.82, 2.24) is 25.0 Å². The minimum absolute atomic E-state index is 0.0960. The summed E-state index contributed by atoms with van der Waals surface area (Å²) in [6, 6.07) is 5.36. The molecule has 1 spiro atoms. The molecule has 1 amide bonds. The van der Waals surface area contributed by atoms with E-state index in [9.17, 15) is 9.59 Å². The highest BCUT2D eigenvalue weighted by molar-refractivity contribution is 5.92. The van der Waals surface area contributed by atoms with Gasteiger partial charge in [-0.3, -0.25) is 14.6 Å². The fraction of sp³-hybridized carbons (Fsp3) is 0.381. The maximum Gasteiger partial charge on any atom is 0.276 e. The van der Waals surface area contributed by atoms with E-state index >= 15 is 0 Å². The first kappa shape index (κ1) is 17.8. The van der Waals surface area contributed by atoms with Crippen LogP contribution in [0.4, 0.5) is 0 Å². The number of nitrogens with one attached hydrogen (secondary N) is 1. The molecule has 5 rings (SSSR count). The Balaban J connectivity index is 1.52. The van der Waals surface area contributed by atoms with Crippen molar-refractivity contribution in [2.24, 2.45) is 0 Å². The number of H-pyrrole nitrogens is 1. The number of fused-ring (bicyclic) bond motifs is 2. The molecule has 1 aliphatic heterocycles. The minimum atomic E-state index is -0.298. The number of piperidine rings is 1. The average Bonchev–Trinajstić information content (AvgIpc) is 3.33. The Kier molecular flexibility index (Phi) is 4.08. The van der Waals surface area contributed by atoms with Crippen molar-refractivity contribution >= 4 is 5.91 Å². The second kappa shape index (κ2) is 6.65. The number of aromatic amines is 1. The standard InChI is InChI=1S/C21H21N5O3/c1-13-10-16(25-29-13)20(28)26-9-3-6-21(12-26)7-5-15-17(21)23-18(24-19(15)27)14-4-2-8-22-11-14/h2,4,8,10-11H,3,5-7,9,12H2,1H3,(H,23,24,27). The third-order valence-corrected chi connectivity index (χ3v) is 6.02. The van der Waals surface area contributed by atoms with Crippen LogP contribution in [-0.2, 0) is 11.8 Å². The van der Waals surface area contributed by atoms with Crippen molar-refractivity contribution in [1.29, 1.82) is 0 Å². The van der Waals surface area contributed by atoms with E-state index in [0.717, 1.165) is 36.1 Å². The lowest BCUT2D eigenvalue weighted by atomic mass is 9.77. The van der Waals surface area contributed by atoms with Gasteiger partial charge in [-0.25, -0.2) is 4.98 Å². The number of nitrogens with zero attached hydrogens (tertiary/aromatic N) is 4. The van der Waals surface area contributed by atoms with Crippen LogP contribution in [0.5, 0.6) is 0 Å². The molecule has 0 radical (unpaired) electrons. The Morgan fingerprint density at radius 1 is 1.34 bits per heavy atom. The lowest BCUT2D eigenvalue weighted by molar-refractivity contribution is 0.0623. The lowest BCUT2D eigenvalue weighted by Gasteiger charge is -2.40. The number of hydrogen-bond acceptors (Lipinski definition) is 6. The third-order valence-electron chi connectivity index (χ3n) is 6.02. The van der Waals surface area contributed by atoms with Crippen molar-refractivity contribution in [2.45, 2.75) is 38.0 Å². The van der Waals surface area contributed by atoms with Gasteiger partial charge in [0.15, 0.2) is 5.69 Å². The Morgan fingerprint density at radius 3 is 3.00 bits per heavy atom. The number of rotatable bonds is 2. The smallest absolute Gasteiger partial charge is 0.276 e. The molecular formula is C21H21N5O3. The Hall–Kier alpha value is -3.29. The zero-order chi connectivity index (χ0) is 20.0. The Labute approximate surface area is 167 Å². The maximum atomic E-state index is 12.9. The van der Waals surface area contributed by atoms with Gasteiger partial charge in [0.1, 0.15) is 11.6 Å². The van der Waals surface area contributed by atoms with Crippen LogP contribution < -0.4 is 5.56 Å². The molecule has 8 heteroatoms. The van der Waals surface area contributed by atoms with E-state index in [-0.39, 0.29) is 16.9 Å². The molecule has 3 aromatic heterocycles. The summed E-state index contributed by atoms with van der Waals surface area (Å²) in [6.07, 6.45) is 6.64. The van der Waals surface area contributed by atoms with Crippen LogP contribution in [0.15, 0.2) is 39.9 Å². The SMILES string of the molecule is Cc1cc(C(=O)N2CCCC3(CCc4c3nc(-c3cccnc3)[nH]c4=O)C2)no1. The second-order valence-electron chi connectivity index (χ2n) is 7.92. The van der Waals surface area contributed by atoms with Crippen LogP contribution in [0.25, 0.3) is 11.4 Å². The van der Waals surface area contributed by atoms with Crippen molar-refractivity contribution < 1.29 is 9.32 Å². The predicted molar refractivity (Wildman–Crippen MR) is 104 cm³/mol. The van der Waals surface area contributed by atoms with Crippen LogP contribution in [0, 0.1) is 6.92 Å². The number of likely N-dealkylation sites (tertiary alicyclic amines) is 1. The molecule has 8 nitrogen and oxygen atoms in total. The van der Waals surface area contributed by atoms with E-state index in [2.05, 4.69) is 15.1 Å². The van der Waals surface area contributed by atoms with Gasteiger partial charge in [0, 0.05) is 48.1 Å². The summed E-state index contributed by atoms with van der Waals surface area (Å²) in [4.78, 5) is 39.4. The number of aromatic nitrogens is 4. The first-order valence-corrected chi connectivity index (χ1v) is 9.82. The summed E-state index contributed by atoms with van der Waals surface area (Å²) in [5, 5.41) is 3.87. The highest BCUT2D eigenvalue weighted by atomic mass is 16.5. The Bertz CT molecular complexity index is 1140. The van der Waals surface area contributed by atoms with Gasteiger partial charge in [-0.15, -0.1) is 0 Å². The van der Waals surface area contributed by atoms with Crippen molar-refractivity contribution in [2.75, 3.05) is 13.1 Å². The van der Waals surface area contributed by atoms with Crippen LogP contribution in [0.1, 0.15) is 46.8 Å².